The molecule has 19 heavy (non-hydrogen) atoms. The van der Waals surface area contributed by atoms with Gasteiger partial charge < -0.3 is 10.4 Å². The summed E-state index contributed by atoms with van der Waals surface area (Å²) >= 11 is 0. The zero-order valence-corrected chi connectivity index (χ0v) is 12.5. The molecule has 1 aromatic rings. The van der Waals surface area contributed by atoms with E-state index in [-0.39, 0.29) is 6.04 Å². The van der Waals surface area contributed by atoms with Crippen molar-refractivity contribution in [3.8, 4) is 5.75 Å². The van der Waals surface area contributed by atoms with Gasteiger partial charge in [-0.15, -0.1) is 0 Å². The van der Waals surface area contributed by atoms with Crippen LogP contribution in [0.5, 0.6) is 5.75 Å². The normalized spacial score (nSPS) is 18.6. The third kappa shape index (κ3) is 3.71. The molecular weight excluding hydrogens is 236 g/mol. The Morgan fingerprint density at radius 2 is 2.05 bits per heavy atom. The number of nitrogens with zero attached hydrogens (tertiary/aromatic N) is 1. The quantitative estimate of drug-likeness (QED) is 0.827. The Hall–Kier alpha value is -1.06. The number of nitrogens with one attached hydrogen (secondary N) is 1. The molecule has 0 spiro atoms. The van der Waals surface area contributed by atoms with E-state index in [1.54, 1.807) is 6.07 Å². The summed E-state index contributed by atoms with van der Waals surface area (Å²) in [5.74, 6) is 0.383. The first kappa shape index (κ1) is 14.4. The number of phenolic OH excluding ortho intramolecular Hbond substituents is 1. The van der Waals surface area contributed by atoms with Gasteiger partial charge >= 0.3 is 0 Å². The first-order valence-corrected chi connectivity index (χ1v) is 7.24. The van der Waals surface area contributed by atoms with Gasteiger partial charge in [0, 0.05) is 30.2 Å². The molecule has 3 nitrogen and oxygen atoms in total. The molecule has 2 N–H and O–H groups in total. The van der Waals surface area contributed by atoms with Crippen LogP contribution in [-0.2, 0) is 0 Å². The minimum atomic E-state index is 0.176. The second-order valence-corrected chi connectivity index (χ2v) is 5.94. The summed E-state index contributed by atoms with van der Waals surface area (Å²) in [6, 6.07) is 7.27. The van der Waals surface area contributed by atoms with E-state index in [0.717, 1.165) is 18.2 Å². The van der Waals surface area contributed by atoms with Gasteiger partial charge in [-0.3, -0.25) is 4.90 Å². The molecule has 1 fully saturated rings. The second-order valence-electron chi connectivity index (χ2n) is 5.94. The predicted molar refractivity (Wildman–Crippen MR) is 79.5 cm³/mol. The van der Waals surface area contributed by atoms with E-state index in [2.05, 4.69) is 44.1 Å². The van der Waals surface area contributed by atoms with E-state index in [1.165, 1.54) is 18.4 Å². The fraction of sp³-hybridized carbons (Fsp3) is 0.625. The molecule has 0 aliphatic heterocycles. The number of phenols is 1. The number of hydrogen-bond acceptors (Lipinski definition) is 3. The van der Waals surface area contributed by atoms with Crippen molar-refractivity contribution in [1.29, 1.82) is 0 Å². The number of likely N-dealkylation sites (N-methyl/N-ethyl adjacent to an activating group) is 1. The Kier molecular flexibility index (Phi) is 4.48. The molecule has 0 bridgehead atoms. The molecule has 1 aliphatic rings. The van der Waals surface area contributed by atoms with Crippen molar-refractivity contribution in [3.63, 3.8) is 0 Å². The fourth-order valence-corrected chi connectivity index (χ4v) is 2.46. The van der Waals surface area contributed by atoms with E-state index in [0.29, 0.717) is 11.8 Å². The summed E-state index contributed by atoms with van der Waals surface area (Å²) in [5.41, 5.74) is 2.17. The van der Waals surface area contributed by atoms with Gasteiger partial charge in [0.1, 0.15) is 5.75 Å². The lowest BCUT2D eigenvalue weighted by Crippen LogP contribution is -2.39. The van der Waals surface area contributed by atoms with Crippen molar-refractivity contribution in [2.45, 2.75) is 51.7 Å². The monoisotopic (exact) mass is 262 g/mol. The highest BCUT2D eigenvalue weighted by molar-refractivity contribution is 5.37. The molecule has 0 radical (unpaired) electrons. The molecule has 2 unspecified atom stereocenters. The lowest BCUT2D eigenvalue weighted by molar-refractivity contribution is 0.236. The van der Waals surface area contributed by atoms with Gasteiger partial charge in [-0.2, -0.15) is 0 Å². The van der Waals surface area contributed by atoms with Gasteiger partial charge in [0.2, 0.25) is 0 Å². The molecule has 106 valence electrons. The molecule has 2 atom stereocenters. The van der Waals surface area contributed by atoms with Crippen LogP contribution in [0.2, 0.25) is 0 Å². The molecule has 0 amide bonds. The summed E-state index contributed by atoms with van der Waals surface area (Å²) in [7, 11) is 2.21. The lowest BCUT2D eigenvalue weighted by atomic mass is 10.0. The van der Waals surface area contributed by atoms with Crippen molar-refractivity contribution >= 4 is 0 Å². The minimum Gasteiger partial charge on any atom is -0.508 e. The molecule has 3 heteroatoms. The van der Waals surface area contributed by atoms with Crippen LogP contribution >= 0.6 is 0 Å². The van der Waals surface area contributed by atoms with Gasteiger partial charge in [0.05, 0.1) is 0 Å². The van der Waals surface area contributed by atoms with E-state index in [4.69, 9.17) is 0 Å². The van der Waals surface area contributed by atoms with Gasteiger partial charge in [0.15, 0.2) is 0 Å². The molecule has 0 heterocycles. The highest BCUT2D eigenvalue weighted by Crippen LogP contribution is 2.27. The number of aromatic hydroxyl groups is 1. The predicted octanol–water partition coefficient (Wildman–Crippen LogP) is 2.83. The van der Waals surface area contributed by atoms with Crippen LogP contribution < -0.4 is 5.32 Å². The molecule has 1 aromatic carbocycles. The van der Waals surface area contributed by atoms with E-state index >= 15 is 0 Å². The van der Waals surface area contributed by atoms with Crippen LogP contribution in [0, 0.1) is 6.92 Å². The summed E-state index contributed by atoms with van der Waals surface area (Å²) in [4.78, 5) is 2.45. The van der Waals surface area contributed by atoms with E-state index in [9.17, 15) is 5.11 Å². The average Bonchev–Trinajstić information content (AvgIpc) is 3.21. The topological polar surface area (TPSA) is 35.5 Å². The first-order valence-electron chi connectivity index (χ1n) is 7.24. The highest BCUT2D eigenvalue weighted by Gasteiger charge is 2.29. The van der Waals surface area contributed by atoms with Crippen LogP contribution in [-0.4, -0.2) is 35.7 Å². The third-order valence-electron chi connectivity index (χ3n) is 4.19. The maximum atomic E-state index is 9.93. The van der Waals surface area contributed by atoms with Crippen molar-refractivity contribution in [2.75, 3.05) is 13.6 Å². The van der Waals surface area contributed by atoms with Crippen LogP contribution in [0.3, 0.4) is 0 Å². The maximum absolute atomic E-state index is 9.93. The molecule has 1 saturated carbocycles. The number of rotatable bonds is 6. The minimum absolute atomic E-state index is 0.176. The number of aryl methyl sites for hydroxylation is 1. The molecule has 0 aromatic heterocycles. The van der Waals surface area contributed by atoms with E-state index in [1.807, 2.05) is 6.07 Å². The fourth-order valence-electron chi connectivity index (χ4n) is 2.46. The summed E-state index contributed by atoms with van der Waals surface area (Å²) in [6.07, 6.45) is 2.68. The summed E-state index contributed by atoms with van der Waals surface area (Å²) < 4.78 is 0. The Bertz CT molecular complexity index is 429. The lowest BCUT2D eigenvalue weighted by Gasteiger charge is -2.26. The van der Waals surface area contributed by atoms with Crippen molar-refractivity contribution < 1.29 is 5.11 Å². The highest BCUT2D eigenvalue weighted by atomic mass is 16.3. The zero-order valence-electron chi connectivity index (χ0n) is 12.5. The Balaban J connectivity index is 1.89. The van der Waals surface area contributed by atoms with Crippen LogP contribution in [0.4, 0.5) is 0 Å². The van der Waals surface area contributed by atoms with E-state index < -0.39 is 0 Å². The number of hydrogen-bond donors (Lipinski definition) is 2. The summed E-state index contributed by atoms with van der Waals surface area (Å²) in [5, 5.41) is 13.5. The summed E-state index contributed by atoms with van der Waals surface area (Å²) in [6.45, 7) is 7.37. The largest absolute Gasteiger partial charge is 0.508 e. The van der Waals surface area contributed by atoms with Gasteiger partial charge in [-0.1, -0.05) is 17.7 Å². The molecule has 1 aliphatic carbocycles. The van der Waals surface area contributed by atoms with Gasteiger partial charge in [-0.05, 0) is 46.7 Å². The van der Waals surface area contributed by atoms with Crippen molar-refractivity contribution in [3.05, 3.63) is 29.3 Å². The van der Waals surface area contributed by atoms with Crippen molar-refractivity contribution in [2.24, 2.45) is 0 Å². The Morgan fingerprint density at radius 1 is 1.37 bits per heavy atom. The molecular formula is C16H26N2O. The standard InChI is InChI=1S/C16H26N2O/c1-11-5-8-16(19)15(9-11)13(3)17-10-12(2)18(4)14-6-7-14/h5,8-9,12-14,17,19H,6-7,10H2,1-4H3. The van der Waals surface area contributed by atoms with Crippen molar-refractivity contribution in [1.82, 2.24) is 10.2 Å². The average molecular weight is 262 g/mol. The second kappa shape index (κ2) is 5.93. The maximum Gasteiger partial charge on any atom is 0.120 e. The van der Waals surface area contributed by atoms with Crippen LogP contribution in [0.1, 0.15) is 43.9 Å². The number of benzene rings is 1. The Morgan fingerprint density at radius 3 is 2.68 bits per heavy atom. The third-order valence-corrected chi connectivity index (χ3v) is 4.19. The SMILES string of the molecule is Cc1ccc(O)c(C(C)NCC(C)N(C)C2CC2)c1. The smallest absolute Gasteiger partial charge is 0.120 e. The Labute approximate surface area is 116 Å². The molecule has 0 saturated heterocycles. The van der Waals surface area contributed by atoms with Crippen LogP contribution in [0.15, 0.2) is 18.2 Å². The van der Waals surface area contributed by atoms with Gasteiger partial charge in [0.25, 0.3) is 0 Å². The molecule has 2 rings (SSSR count). The van der Waals surface area contributed by atoms with Crippen LogP contribution in [0.25, 0.3) is 0 Å². The van der Waals surface area contributed by atoms with Gasteiger partial charge in [-0.25, -0.2) is 0 Å². The zero-order chi connectivity index (χ0) is 14.0. The first-order chi connectivity index (χ1) is 8.99.